The number of carbonyl (C=O) groups is 1. The van der Waals surface area contributed by atoms with Crippen LogP contribution in [0, 0.1) is 0 Å². The maximum Gasteiger partial charge on any atom is 0.224 e. The molecule has 1 saturated heterocycles. The predicted octanol–water partition coefficient (Wildman–Crippen LogP) is 3.66. The van der Waals surface area contributed by atoms with E-state index < -0.39 is 0 Å². The summed E-state index contributed by atoms with van der Waals surface area (Å²) in [6.45, 7) is 7.55. The average Bonchev–Trinajstić information content (AvgIpc) is 2.83. The first-order valence-electron chi connectivity index (χ1n) is 9.69. The van der Waals surface area contributed by atoms with Crippen molar-refractivity contribution in [3.8, 4) is 0 Å². The number of aryl methyl sites for hydroxylation is 1. The van der Waals surface area contributed by atoms with Crippen LogP contribution in [0.3, 0.4) is 0 Å². The summed E-state index contributed by atoms with van der Waals surface area (Å²) >= 11 is 0. The van der Waals surface area contributed by atoms with Gasteiger partial charge in [0.25, 0.3) is 0 Å². The molecule has 3 rings (SSSR count). The van der Waals surface area contributed by atoms with Gasteiger partial charge in [-0.25, -0.2) is 0 Å². The smallest absolute Gasteiger partial charge is 0.224 e. The Kier molecular flexibility index (Phi) is 6.40. The fourth-order valence-electron chi connectivity index (χ4n) is 3.57. The van der Waals surface area contributed by atoms with E-state index in [9.17, 15) is 4.79 Å². The molecule has 26 heavy (non-hydrogen) atoms. The zero-order valence-electron chi connectivity index (χ0n) is 15.9. The summed E-state index contributed by atoms with van der Waals surface area (Å²) in [5.74, 6) is 0.262. The van der Waals surface area contributed by atoms with Crippen LogP contribution in [0.5, 0.6) is 0 Å². The number of benzene rings is 1. The SMILES string of the molecule is CCc1ccc(CN2CCC(=O)N(Cc3ccccc3)[C@H](CC)C2)nc1. The molecule has 0 aliphatic carbocycles. The highest BCUT2D eigenvalue weighted by Gasteiger charge is 2.28. The van der Waals surface area contributed by atoms with Crippen molar-refractivity contribution in [2.45, 2.75) is 52.2 Å². The Morgan fingerprint density at radius 1 is 1.04 bits per heavy atom. The van der Waals surface area contributed by atoms with Gasteiger partial charge >= 0.3 is 0 Å². The molecule has 0 bridgehead atoms. The summed E-state index contributed by atoms with van der Waals surface area (Å²) in [7, 11) is 0. The zero-order chi connectivity index (χ0) is 18.4. The van der Waals surface area contributed by atoms with E-state index in [2.05, 4.69) is 52.9 Å². The minimum atomic E-state index is 0.250. The van der Waals surface area contributed by atoms with Crippen molar-refractivity contribution in [3.63, 3.8) is 0 Å². The van der Waals surface area contributed by atoms with Crippen LogP contribution < -0.4 is 0 Å². The van der Waals surface area contributed by atoms with Crippen molar-refractivity contribution in [1.29, 1.82) is 0 Å². The summed E-state index contributed by atoms with van der Waals surface area (Å²) in [5.41, 5.74) is 3.55. The van der Waals surface area contributed by atoms with Gasteiger partial charge in [0, 0.05) is 44.8 Å². The maximum absolute atomic E-state index is 12.8. The third-order valence-corrected chi connectivity index (χ3v) is 5.22. The number of hydrogen-bond acceptors (Lipinski definition) is 3. The summed E-state index contributed by atoms with van der Waals surface area (Å²) in [6.07, 6.45) is 4.53. The summed E-state index contributed by atoms with van der Waals surface area (Å²) in [4.78, 5) is 21.8. The van der Waals surface area contributed by atoms with E-state index in [4.69, 9.17) is 0 Å². The first-order valence-corrected chi connectivity index (χ1v) is 9.69. The lowest BCUT2D eigenvalue weighted by atomic mass is 10.1. The molecule has 1 aliphatic heterocycles. The molecule has 1 aromatic carbocycles. The van der Waals surface area contributed by atoms with Gasteiger partial charge in [0.15, 0.2) is 0 Å². The van der Waals surface area contributed by atoms with Crippen molar-refractivity contribution in [3.05, 3.63) is 65.5 Å². The van der Waals surface area contributed by atoms with E-state index in [1.807, 2.05) is 24.4 Å². The van der Waals surface area contributed by atoms with Crippen LogP contribution in [0.15, 0.2) is 48.7 Å². The second kappa shape index (κ2) is 8.95. The zero-order valence-corrected chi connectivity index (χ0v) is 15.9. The number of aromatic nitrogens is 1. The molecule has 1 fully saturated rings. The fourth-order valence-corrected chi connectivity index (χ4v) is 3.57. The Balaban J connectivity index is 1.69. The molecule has 0 radical (unpaired) electrons. The molecule has 1 aromatic heterocycles. The van der Waals surface area contributed by atoms with E-state index in [0.29, 0.717) is 13.0 Å². The van der Waals surface area contributed by atoms with E-state index in [1.54, 1.807) is 0 Å². The quantitative estimate of drug-likeness (QED) is 0.797. The second-order valence-electron chi connectivity index (χ2n) is 7.07. The minimum Gasteiger partial charge on any atom is -0.334 e. The number of amides is 1. The van der Waals surface area contributed by atoms with Crippen molar-refractivity contribution in [1.82, 2.24) is 14.8 Å². The van der Waals surface area contributed by atoms with Crippen LogP contribution >= 0.6 is 0 Å². The molecule has 138 valence electrons. The van der Waals surface area contributed by atoms with Gasteiger partial charge in [0.1, 0.15) is 0 Å². The molecule has 2 heterocycles. The van der Waals surface area contributed by atoms with Gasteiger partial charge in [-0.1, -0.05) is 50.2 Å². The molecule has 0 spiro atoms. The molecule has 2 aromatic rings. The van der Waals surface area contributed by atoms with Gasteiger partial charge in [-0.3, -0.25) is 14.7 Å². The lowest BCUT2D eigenvalue weighted by molar-refractivity contribution is -0.133. The number of carbonyl (C=O) groups excluding carboxylic acids is 1. The van der Waals surface area contributed by atoms with Crippen LogP contribution in [0.25, 0.3) is 0 Å². The standard InChI is InChI=1S/C22H29N3O/c1-3-18-10-11-20(23-14-18)16-24-13-12-22(26)25(21(4-2)17-24)15-19-8-6-5-7-9-19/h5-11,14,21H,3-4,12-13,15-17H2,1-2H3/t21-/m1/s1. The third kappa shape index (κ3) is 4.70. The number of rotatable bonds is 6. The number of nitrogens with zero attached hydrogens (tertiary/aromatic N) is 3. The van der Waals surface area contributed by atoms with Crippen molar-refractivity contribution in [2.75, 3.05) is 13.1 Å². The molecule has 4 nitrogen and oxygen atoms in total. The highest BCUT2D eigenvalue weighted by Crippen LogP contribution is 2.19. The largest absolute Gasteiger partial charge is 0.334 e. The van der Waals surface area contributed by atoms with Gasteiger partial charge in [0.2, 0.25) is 5.91 Å². The molecule has 0 saturated carbocycles. The van der Waals surface area contributed by atoms with Crippen LogP contribution in [0.4, 0.5) is 0 Å². The molecule has 0 unspecified atom stereocenters. The van der Waals surface area contributed by atoms with E-state index in [1.165, 1.54) is 11.1 Å². The molecule has 4 heteroatoms. The fraction of sp³-hybridized carbons (Fsp3) is 0.455. The monoisotopic (exact) mass is 351 g/mol. The Labute approximate surface area is 156 Å². The Hall–Kier alpha value is -2.20. The summed E-state index contributed by atoms with van der Waals surface area (Å²) < 4.78 is 0. The Bertz CT molecular complexity index is 699. The Morgan fingerprint density at radius 3 is 2.50 bits per heavy atom. The number of pyridine rings is 1. The Morgan fingerprint density at radius 2 is 1.85 bits per heavy atom. The van der Waals surface area contributed by atoms with E-state index >= 15 is 0 Å². The van der Waals surface area contributed by atoms with Crippen LogP contribution in [0.2, 0.25) is 0 Å². The van der Waals surface area contributed by atoms with Gasteiger partial charge in [0.05, 0.1) is 5.69 Å². The molecule has 0 N–H and O–H groups in total. The highest BCUT2D eigenvalue weighted by atomic mass is 16.2. The summed E-state index contributed by atoms with van der Waals surface area (Å²) in [5, 5.41) is 0. The van der Waals surface area contributed by atoms with Crippen LogP contribution in [0.1, 0.15) is 43.5 Å². The van der Waals surface area contributed by atoms with Gasteiger partial charge in [-0.05, 0) is 30.0 Å². The van der Waals surface area contributed by atoms with E-state index in [-0.39, 0.29) is 11.9 Å². The predicted molar refractivity (Wildman–Crippen MR) is 105 cm³/mol. The lowest BCUT2D eigenvalue weighted by Crippen LogP contribution is -2.42. The third-order valence-electron chi connectivity index (χ3n) is 5.22. The molecule has 1 aliphatic rings. The molecule has 1 atom stereocenters. The molecular weight excluding hydrogens is 322 g/mol. The van der Waals surface area contributed by atoms with Gasteiger partial charge < -0.3 is 4.90 Å². The minimum absolute atomic E-state index is 0.250. The van der Waals surface area contributed by atoms with Gasteiger partial charge in [-0.15, -0.1) is 0 Å². The average molecular weight is 351 g/mol. The van der Waals surface area contributed by atoms with Crippen LogP contribution in [-0.4, -0.2) is 39.8 Å². The van der Waals surface area contributed by atoms with E-state index in [0.717, 1.165) is 38.2 Å². The van der Waals surface area contributed by atoms with Crippen molar-refractivity contribution < 1.29 is 4.79 Å². The first kappa shape index (κ1) is 18.6. The van der Waals surface area contributed by atoms with Crippen molar-refractivity contribution >= 4 is 5.91 Å². The first-order chi connectivity index (χ1) is 12.7. The molecule has 1 amide bonds. The highest BCUT2D eigenvalue weighted by molar-refractivity contribution is 5.77. The molecular formula is C22H29N3O. The number of hydrogen-bond donors (Lipinski definition) is 0. The van der Waals surface area contributed by atoms with Crippen LogP contribution in [-0.2, 0) is 24.3 Å². The topological polar surface area (TPSA) is 36.4 Å². The second-order valence-corrected chi connectivity index (χ2v) is 7.07. The maximum atomic E-state index is 12.8. The normalized spacial score (nSPS) is 18.8. The van der Waals surface area contributed by atoms with Crippen molar-refractivity contribution in [2.24, 2.45) is 0 Å². The lowest BCUT2D eigenvalue weighted by Gasteiger charge is -2.31. The van der Waals surface area contributed by atoms with Gasteiger partial charge in [-0.2, -0.15) is 0 Å². The summed E-state index contributed by atoms with van der Waals surface area (Å²) in [6, 6.07) is 14.8.